The Morgan fingerprint density at radius 2 is 1.67 bits per heavy atom. The fraction of sp³-hybridized carbons (Fsp3) is 0.167. The van der Waals surface area contributed by atoms with Gasteiger partial charge in [-0.1, -0.05) is 24.8 Å². The summed E-state index contributed by atoms with van der Waals surface area (Å²) in [5.74, 6) is 1.03. The maximum Gasteiger partial charge on any atom is 0.295 e. The molecular weight excluding hydrogens is 462 g/mol. The molecule has 1 heterocycles. The lowest BCUT2D eigenvalue weighted by Crippen LogP contribution is -2.23. The molecule has 9 heteroatoms. The second-order valence-corrected chi connectivity index (χ2v) is 9.90. The molecule has 0 saturated carbocycles. The van der Waals surface area contributed by atoms with Crippen LogP contribution in [0.3, 0.4) is 0 Å². The van der Waals surface area contributed by atoms with Crippen LogP contribution >= 0.6 is 0 Å². The Bertz CT molecular complexity index is 1490. The van der Waals surface area contributed by atoms with E-state index in [2.05, 4.69) is 25.3 Å². The van der Waals surface area contributed by atoms with Crippen LogP contribution in [0.5, 0.6) is 11.5 Å². The molecule has 1 aliphatic heterocycles. The molecule has 1 unspecified atom stereocenters. The van der Waals surface area contributed by atoms with Gasteiger partial charge in [-0.2, -0.15) is 8.42 Å². The van der Waals surface area contributed by atoms with Gasteiger partial charge in [0, 0.05) is 46.8 Å². The summed E-state index contributed by atoms with van der Waals surface area (Å²) in [6.07, 6.45) is 0. The molecule has 33 heavy (non-hydrogen) atoms. The van der Waals surface area contributed by atoms with Gasteiger partial charge in [0.05, 0.1) is 4.90 Å². The van der Waals surface area contributed by atoms with Crippen molar-refractivity contribution in [3.05, 3.63) is 76.2 Å². The van der Waals surface area contributed by atoms with Crippen LogP contribution in [-0.4, -0.2) is 34.8 Å². The first-order valence-electron chi connectivity index (χ1n) is 10.3. The van der Waals surface area contributed by atoms with Gasteiger partial charge in [0.15, 0.2) is 11.1 Å². The van der Waals surface area contributed by atoms with Crippen LogP contribution in [0.1, 0.15) is 25.0 Å². The Morgan fingerprint density at radius 3 is 2.30 bits per heavy atom. The Morgan fingerprint density at radius 1 is 0.970 bits per heavy atom. The second-order valence-electron chi connectivity index (χ2n) is 7.54. The van der Waals surface area contributed by atoms with E-state index < -0.39 is 26.1 Å². The summed E-state index contributed by atoms with van der Waals surface area (Å²) < 4.78 is 61.7. The van der Waals surface area contributed by atoms with Crippen molar-refractivity contribution in [2.24, 2.45) is 0 Å². The standard InChI is InChI=1S/C24H23NO6S2/c1-4-25(5-2)16-7-10-19-22(13-16)31-21-12-15(3)6-9-18(21)24(19)20-11-8-17(32(26)27)14-23(20)33(28,29)30/h6-14H,3-5H2,1-2H3,(H,26,27)(H,28,29,30). The number of hydrogen-bond acceptors (Lipinski definition) is 5. The third kappa shape index (κ3) is 4.32. The van der Waals surface area contributed by atoms with Crippen LogP contribution in [0, 0.1) is 0 Å². The molecule has 3 aromatic carbocycles. The maximum atomic E-state index is 12.3. The van der Waals surface area contributed by atoms with Gasteiger partial charge in [0.1, 0.15) is 16.4 Å². The number of rotatable bonds is 6. The van der Waals surface area contributed by atoms with Gasteiger partial charge in [-0.3, -0.25) is 4.55 Å². The molecule has 2 N–H and O–H groups in total. The monoisotopic (exact) mass is 485 g/mol. The molecular formula is C24H23NO6S2. The van der Waals surface area contributed by atoms with Gasteiger partial charge in [0.25, 0.3) is 10.1 Å². The largest absolute Gasteiger partial charge is 0.456 e. The lowest BCUT2D eigenvalue weighted by Gasteiger charge is -2.26. The highest BCUT2D eigenvalue weighted by molar-refractivity contribution is 7.86. The predicted molar refractivity (Wildman–Crippen MR) is 128 cm³/mol. The van der Waals surface area contributed by atoms with Crippen LogP contribution in [0.25, 0.3) is 12.2 Å². The summed E-state index contributed by atoms with van der Waals surface area (Å²) in [6.45, 7) is 9.66. The van der Waals surface area contributed by atoms with E-state index in [1.54, 1.807) is 18.2 Å². The summed E-state index contributed by atoms with van der Waals surface area (Å²) in [6, 6.07) is 14.8. The van der Waals surface area contributed by atoms with E-state index in [9.17, 15) is 21.7 Å². The second kappa shape index (κ2) is 8.75. The van der Waals surface area contributed by atoms with E-state index in [1.165, 1.54) is 12.1 Å². The van der Waals surface area contributed by atoms with Crippen LogP contribution in [0.4, 0.5) is 5.69 Å². The highest BCUT2D eigenvalue weighted by atomic mass is 32.2. The Hall–Kier alpha value is -2.98. The van der Waals surface area contributed by atoms with Crippen LogP contribution in [-0.2, 0) is 21.2 Å². The highest BCUT2D eigenvalue weighted by Crippen LogP contribution is 2.40. The van der Waals surface area contributed by atoms with Crippen molar-refractivity contribution >= 4 is 39.0 Å². The van der Waals surface area contributed by atoms with Gasteiger partial charge in [-0.25, -0.2) is 4.21 Å². The number of ether oxygens (including phenoxy) is 1. The summed E-state index contributed by atoms with van der Waals surface area (Å²) in [5, 5.41) is 1.34. The highest BCUT2D eigenvalue weighted by Gasteiger charge is 2.27. The number of benzene rings is 3. The maximum absolute atomic E-state index is 12.3. The first-order chi connectivity index (χ1) is 15.6. The Labute approximate surface area is 194 Å². The van der Waals surface area contributed by atoms with E-state index >= 15 is 0 Å². The lowest BCUT2D eigenvalue weighted by atomic mass is 9.92. The van der Waals surface area contributed by atoms with Crippen molar-refractivity contribution in [2.75, 3.05) is 18.0 Å². The zero-order valence-corrected chi connectivity index (χ0v) is 19.7. The van der Waals surface area contributed by atoms with Gasteiger partial charge in [0.2, 0.25) is 0 Å². The van der Waals surface area contributed by atoms with E-state index in [0.717, 1.165) is 30.1 Å². The van der Waals surface area contributed by atoms with Crippen LogP contribution in [0.2, 0.25) is 0 Å². The Kier molecular flexibility index (Phi) is 6.15. The third-order valence-corrected chi connectivity index (χ3v) is 7.15. The molecule has 0 fully saturated rings. The normalized spacial score (nSPS) is 13.6. The number of hydrogen-bond donors (Lipinski definition) is 2. The van der Waals surface area contributed by atoms with Gasteiger partial charge >= 0.3 is 0 Å². The minimum atomic E-state index is -4.71. The smallest absolute Gasteiger partial charge is 0.295 e. The average Bonchev–Trinajstić information content (AvgIpc) is 2.77. The minimum absolute atomic E-state index is 0.135. The first-order valence-corrected chi connectivity index (χ1v) is 12.8. The molecule has 0 aromatic heterocycles. The number of nitrogens with zero attached hydrogens (tertiary/aromatic N) is 1. The molecule has 0 saturated heterocycles. The molecule has 0 aliphatic carbocycles. The summed E-state index contributed by atoms with van der Waals surface area (Å²) in [5.41, 5.74) is 2.32. The van der Waals surface area contributed by atoms with E-state index in [4.69, 9.17) is 4.74 Å². The van der Waals surface area contributed by atoms with Gasteiger partial charge in [-0.15, -0.1) is 0 Å². The molecule has 7 nitrogen and oxygen atoms in total. The third-order valence-electron chi connectivity index (χ3n) is 5.60. The SMILES string of the molecule is C=c1ccc2c(c1)Oc1cc(N(CC)CC)ccc1C=2c1ccc(S(=O)O)cc1S(=O)(=O)O. The van der Waals surface area contributed by atoms with Gasteiger partial charge < -0.3 is 14.2 Å². The molecule has 3 aromatic rings. The van der Waals surface area contributed by atoms with Crippen molar-refractivity contribution < 1.29 is 26.5 Å². The Balaban J connectivity index is 2.09. The van der Waals surface area contributed by atoms with Crippen molar-refractivity contribution in [1.29, 1.82) is 0 Å². The van der Waals surface area contributed by atoms with E-state index in [0.29, 0.717) is 27.9 Å². The summed E-state index contributed by atoms with van der Waals surface area (Å²) in [7, 11) is -4.71. The van der Waals surface area contributed by atoms with Crippen molar-refractivity contribution in [3.63, 3.8) is 0 Å². The molecule has 0 amide bonds. The van der Waals surface area contributed by atoms with Crippen molar-refractivity contribution in [3.8, 4) is 11.5 Å². The van der Waals surface area contributed by atoms with E-state index in [1.807, 2.05) is 18.2 Å². The quantitative estimate of drug-likeness (QED) is 0.319. The zero-order valence-electron chi connectivity index (χ0n) is 18.1. The fourth-order valence-electron chi connectivity index (χ4n) is 4.03. The molecule has 1 atom stereocenters. The average molecular weight is 486 g/mol. The van der Waals surface area contributed by atoms with Crippen molar-refractivity contribution in [1.82, 2.24) is 0 Å². The van der Waals surface area contributed by atoms with Gasteiger partial charge in [-0.05, 0) is 49.4 Å². The molecule has 4 rings (SSSR count). The molecule has 1 aliphatic rings. The van der Waals surface area contributed by atoms with Crippen LogP contribution in [0.15, 0.2) is 64.4 Å². The summed E-state index contributed by atoms with van der Waals surface area (Å²) in [4.78, 5) is 1.57. The molecule has 0 bridgehead atoms. The molecule has 0 radical (unpaired) electrons. The zero-order chi connectivity index (χ0) is 23.9. The number of fused-ring (bicyclic) bond motifs is 2. The van der Waals surface area contributed by atoms with E-state index in [-0.39, 0.29) is 10.5 Å². The first kappa shape index (κ1) is 23.2. The summed E-state index contributed by atoms with van der Waals surface area (Å²) >= 11 is -2.41. The fourth-order valence-corrected chi connectivity index (χ4v) is 5.23. The number of anilines is 1. The minimum Gasteiger partial charge on any atom is -0.456 e. The molecule has 0 spiro atoms. The predicted octanol–water partition coefficient (Wildman–Crippen LogP) is 3.12. The lowest BCUT2D eigenvalue weighted by molar-refractivity contribution is 0.471. The van der Waals surface area contributed by atoms with Crippen molar-refractivity contribution in [2.45, 2.75) is 23.6 Å². The topological polar surface area (TPSA) is 104 Å². The van der Waals surface area contributed by atoms with Crippen LogP contribution < -0.4 is 20.1 Å². The molecule has 172 valence electrons.